The topological polar surface area (TPSA) is 58.6 Å². The molecule has 4 heterocycles. The molecule has 1 saturated carbocycles. The third-order valence-electron chi connectivity index (χ3n) is 5.57. The van der Waals surface area contributed by atoms with Gasteiger partial charge in [-0.15, -0.1) is 0 Å². The number of fused-ring (bicyclic) bond motifs is 1. The second kappa shape index (κ2) is 7.02. The van der Waals surface area contributed by atoms with Gasteiger partial charge >= 0.3 is 0 Å². The Morgan fingerprint density at radius 3 is 3.00 bits per heavy atom. The van der Waals surface area contributed by atoms with Crippen LogP contribution in [0.5, 0.6) is 5.88 Å². The van der Waals surface area contributed by atoms with Crippen molar-refractivity contribution in [2.24, 2.45) is 13.0 Å². The van der Waals surface area contributed by atoms with Crippen molar-refractivity contribution in [2.45, 2.75) is 12.3 Å². The van der Waals surface area contributed by atoms with E-state index in [0.29, 0.717) is 24.3 Å². The number of ether oxygens (including phenoxy) is 1. The molecule has 0 aromatic carbocycles. The average molecular weight is 395 g/mol. The number of likely N-dealkylation sites (N-methyl/N-ethyl adjacent to an activating group) is 1. The first-order valence-corrected chi connectivity index (χ1v) is 9.83. The molecule has 3 aromatic rings. The van der Waals surface area contributed by atoms with Crippen molar-refractivity contribution >= 4 is 11.5 Å². The molecule has 0 radical (unpaired) electrons. The van der Waals surface area contributed by atoms with Gasteiger partial charge in [-0.3, -0.25) is 0 Å². The zero-order chi connectivity index (χ0) is 20.0. The minimum Gasteiger partial charge on any atom is -0.477 e. The highest BCUT2D eigenvalue weighted by Gasteiger charge is 2.44. The molecular formula is C21H24FN6O+. The monoisotopic (exact) mass is 395 g/mol. The second-order valence-corrected chi connectivity index (χ2v) is 7.93. The number of rotatable bonds is 7. The van der Waals surface area contributed by atoms with Gasteiger partial charge in [0.2, 0.25) is 12.1 Å². The maximum Gasteiger partial charge on any atom is 0.219 e. The molecule has 8 heteroatoms. The smallest absolute Gasteiger partial charge is 0.219 e. The van der Waals surface area contributed by atoms with E-state index in [1.807, 2.05) is 29.8 Å². The summed E-state index contributed by atoms with van der Waals surface area (Å²) in [7, 11) is 3.95. The maximum absolute atomic E-state index is 13.3. The van der Waals surface area contributed by atoms with Crippen molar-refractivity contribution in [2.75, 3.05) is 32.1 Å². The minimum atomic E-state index is -0.215. The minimum absolute atomic E-state index is 0.215. The van der Waals surface area contributed by atoms with E-state index in [0.717, 1.165) is 36.7 Å². The quantitative estimate of drug-likeness (QED) is 0.621. The fourth-order valence-electron chi connectivity index (χ4n) is 3.96. The van der Waals surface area contributed by atoms with Crippen LogP contribution >= 0.6 is 0 Å². The summed E-state index contributed by atoms with van der Waals surface area (Å²) in [6, 6.07) is 7.16. The lowest BCUT2D eigenvalue weighted by Crippen LogP contribution is -2.33. The molecule has 2 atom stereocenters. The molecule has 0 spiro atoms. The molecule has 2 aliphatic rings. The number of halogens is 1. The molecule has 1 N–H and O–H groups in total. The fourth-order valence-corrected chi connectivity index (χ4v) is 3.96. The van der Waals surface area contributed by atoms with Crippen LogP contribution in [-0.2, 0) is 7.05 Å². The van der Waals surface area contributed by atoms with Gasteiger partial charge < -0.3 is 15.0 Å². The molecule has 0 saturated heterocycles. The van der Waals surface area contributed by atoms with E-state index < -0.39 is 0 Å². The van der Waals surface area contributed by atoms with Crippen LogP contribution in [0, 0.1) is 11.7 Å². The normalized spacial score (nSPS) is 20.4. The summed E-state index contributed by atoms with van der Waals surface area (Å²) >= 11 is 0. The third-order valence-corrected chi connectivity index (χ3v) is 5.57. The van der Waals surface area contributed by atoms with Crippen molar-refractivity contribution in [3.05, 3.63) is 59.9 Å². The summed E-state index contributed by atoms with van der Waals surface area (Å²) < 4.78 is 23.0. The van der Waals surface area contributed by atoms with E-state index in [1.54, 1.807) is 10.7 Å². The van der Waals surface area contributed by atoms with Gasteiger partial charge in [0.25, 0.3) is 0 Å². The lowest BCUT2D eigenvalue weighted by Gasteiger charge is -2.27. The van der Waals surface area contributed by atoms with Gasteiger partial charge in [-0.1, -0.05) is 0 Å². The molecule has 1 fully saturated rings. The predicted molar refractivity (Wildman–Crippen MR) is 106 cm³/mol. The van der Waals surface area contributed by atoms with E-state index in [-0.39, 0.29) is 5.82 Å². The summed E-state index contributed by atoms with van der Waals surface area (Å²) in [5.74, 6) is 2.06. The standard InChI is InChI=1S/C21H24FN6O/c1-26-10-14(11-26)9-23-20-8-21(25-19-5-6-24-28(19)20)29-13-15-7-17(15)18-4-3-16(22)12-27(18)2/h3-6,8,10,12,15,17,23H,7,9,11,13H2,1-2H3/q+1. The number of hydrogen-bond acceptors (Lipinski definition) is 5. The number of aromatic nitrogens is 4. The predicted octanol–water partition coefficient (Wildman–Crippen LogP) is 2.12. The summed E-state index contributed by atoms with van der Waals surface area (Å²) in [5.41, 5.74) is 3.24. The molecule has 150 valence electrons. The first-order chi connectivity index (χ1) is 14.1. The molecule has 0 amide bonds. The van der Waals surface area contributed by atoms with Crippen LogP contribution in [0.1, 0.15) is 18.0 Å². The van der Waals surface area contributed by atoms with Gasteiger partial charge in [0.1, 0.15) is 12.9 Å². The van der Waals surface area contributed by atoms with Crippen molar-refractivity contribution in [1.29, 1.82) is 0 Å². The largest absolute Gasteiger partial charge is 0.477 e. The molecular weight excluding hydrogens is 371 g/mol. The summed E-state index contributed by atoms with van der Waals surface area (Å²) in [6.45, 7) is 2.34. The summed E-state index contributed by atoms with van der Waals surface area (Å²) in [5, 5.41) is 7.78. The van der Waals surface area contributed by atoms with Gasteiger partial charge in [0, 0.05) is 50.5 Å². The Labute approximate surface area is 168 Å². The van der Waals surface area contributed by atoms with Crippen molar-refractivity contribution in [1.82, 2.24) is 19.5 Å². The Hall–Kier alpha value is -3.16. The molecule has 1 aliphatic carbocycles. The van der Waals surface area contributed by atoms with Crippen LogP contribution in [-0.4, -0.2) is 46.2 Å². The number of pyridine rings is 1. The zero-order valence-electron chi connectivity index (χ0n) is 16.5. The third kappa shape index (κ3) is 3.62. The fraction of sp³-hybridized carbons (Fsp3) is 0.381. The van der Waals surface area contributed by atoms with Crippen molar-refractivity contribution < 1.29 is 13.7 Å². The van der Waals surface area contributed by atoms with Crippen molar-refractivity contribution in [3.63, 3.8) is 0 Å². The Morgan fingerprint density at radius 2 is 2.21 bits per heavy atom. The molecule has 1 aliphatic heterocycles. The zero-order valence-corrected chi connectivity index (χ0v) is 16.5. The number of hydrogen-bond donors (Lipinski definition) is 1. The Morgan fingerprint density at radius 1 is 1.34 bits per heavy atom. The first kappa shape index (κ1) is 17.9. The molecule has 0 bridgehead atoms. The van der Waals surface area contributed by atoms with E-state index >= 15 is 0 Å². The van der Waals surface area contributed by atoms with E-state index in [4.69, 9.17) is 4.74 Å². The van der Waals surface area contributed by atoms with Crippen LogP contribution in [0.3, 0.4) is 0 Å². The van der Waals surface area contributed by atoms with E-state index in [1.165, 1.54) is 17.8 Å². The van der Waals surface area contributed by atoms with E-state index in [2.05, 4.69) is 33.5 Å². The highest BCUT2D eigenvalue weighted by molar-refractivity contribution is 5.51. The van der Waals surface area contributed by atoms with Crippen molar-refractivity contribution in [3.8, 4) is 5.88 Å². The van der Waals surface area contributed by atoms with Gasteiger partial charge in [-0.05, 0) is 18.1 Å². The first-order valence-electron chi connectivity index (χ1n) is 9.83. The highest BCUT2D eigenvalue weighted by atomic mass is 19.1. The lowest BCUT2D eigenvalue weighted by molar-refractivity contribution is -0.681. The van der Waals surface area contributed by atoms with Gasteiger partial charge in [0.15, 0.2) is 17.2 Å². The molecule has 5 rings (SSSR count). The van der Waals surface area contributed by atoms with Crippen LogP contribution < -0.4 is 14.6 Å². The summed E-state index contributed by atoms with van der Waals surface area (Å²) in [4.78, 5) is 6.70. The Bertz CT molecular complexity index is 1090. The van der Waals surface area contributed by atoms with Crippen LogP contribution in [0.15, 0.2) is 48.4 Å². The van der Waals surface area contributed by atoms with Gasteiger partial charge in [0.05, 0.1) is 18.7 Å². The lowest BCUT2D eigenvalue weighted by atomic mass is 10.2. The number of aryl methyl sites for hydroxylation is 1. The summed E-state index contributed by atoms with van der Waals surface area (Å²) in [6.07, 6.45) is 6.43. The number of nitrogens with zero attached hydrogens (tertiary/aromatic N) is 5. The second-order valence-electron chi connectivity index (χ2n) is 7.93. The average Bonchev–Trinajstić information content (AvgIpc) is 3.27. The molecule has 29 heavy (non-hydrogen) atoms. The van der Waals surface area contributed by atoms with Gasteiger partial charge in [-0.25, -0.2) is 8.96 Å². The Balaban J connectivity index is 1.25. The number of anilines is 1. The number of nitrogens with one attached hydrogen (secondary N) is 1. The maximum atomic E-state index is 13.3. The molecule has 2 unspecified atom stereocenters. The van der Waals surface area contributed by atoms with E-state index in [9.17, 15) is 4.39 Å². The molecule has 3 aromatic heterocycles. The van der Waals surface area contributed by atoms with Crippen LogP contribution in [0.25, 0.3) is 5.65 Å². The highest BCUT2D eigenvalue weighted by Crippen LogP contribution is 2.46. The van der Waals surface area contributed by atoms with Crippen LogP contribution in [0.2, 0.25) is 0 Å². The Kier molecular flexibility index (Phi) is 4.34. The SMILES string of the molecule is CN1C=C(CNc2cc(OCC3CC3c3ccc(F)c[n+]3C)nc3ccnn23)C1. The van der Waals surface area contributed by atoms with Gasteiger partial charge in [-0.2, -0.15) is 14.6 Å². The molecule has 7 nitrogen and oxygen atoms in total. The van der Waals surface area contributed by atoms with Crippen LogP contribution in [0.4, 0.5) is 10.2 Å².